The Morgan fingerprint density at radius 3 is 2.43 bits per heavy atom. The summed E-state index contributed by atoms with van der Waals surface area (Å²) in [6.07, 6.45) is 1.26. The fourth-order valence-electron chi connectivity index (χ4n) is 3.49. The molecular formula is C26H19N3O6. The summed E-state index contributed by atoms with van der Waals surface area (Å²) in [4.78, 5) is 41.3. The lowest BCUT2D eigenvalue weighted by Gasteiger charge is -2.09. The minimum Gasteiger partial charge on any atom is -0.457 e. The van der Waals surface area contributed by atoms with Gasteiger partial charge < -0.3 is 19.2 Å². The molecule has 0 spiro atoms. The van der Waals surface area contributed by atoms with Crippen molar-refractivity contribution >= 4 is 39.6 Å². The molecule has 1 N–H and O–H groups in total. The number of nitrogens with zero attached hydrogens (tertiary/aromatic N) is 2. The maximum atomic E-state index is 12.7. The van der Waals surface area contributed by atoms with E-state index < -0.39 is 30.6 Å². The van der Waals surface area contributed by atoms with Crippen LogP contribution in [0.1, 0.15) is 0 Å². The van der Waals surface area contributed by atoms with Crippen LogP contribution in [0.5, 0.6) is 11.5 Å². The van der Waals surface area contributed by atoms with Gasteiger partial charge in [-0.25, -0.2) is 4.98 Å². The van der Waals surface area contributed by atoms with Crippen LogP contribution in [0.4, 0.5) is 5.69 Å². The number of carbonyl (C=O) groups is 2. The van der Waals surface area contributed by atoms with Crippen LogP contribution < -0.4 is 15.6 Å². The molecule has 174 valence electrons. The summed E-state index contributed by atoms with van der Waals surface area (Å²) in [5, 5.41) is 3.35. The van der Waals surface area contributed by atoms with Crippen molar-refractivity contribution in [1.82, 2.24) is 9.55 Å². The standard InChI is InChI=1S/C26H19N3O6/c30-22(28-17-10-12-19(13-11-17)34-18-6-2-1-3-7-18)15-33-23(31)14-29-16-27-24-20-8-4-5-9-21(20)35-25(24)26(29)32/h1-13,16H,14-15H2,(H,28,30). The highest BCUT2D eigenvalue weighted by Gasteiger charge is 2.15. The predicted octanol–water partition coefficient (Wildman–Crippen LogP) is 4.12. The maximum absolute atomic E-state index is 12.7. The van der Waals surface area contributed by atoms with Crippen molar-refractivity contribution in [2.24, 2.45) is 0 Å². The molecule has 1 amide bonds. The summed E-state index contributed by atoms with van der Waals surface area (Å²) in [5.74, 6) is 0.0329. The molecule has 0 unspecified atom stereocenters. The predicted molar refractivity (Wildman–Crippen MR) is 128 cm³/mol. The van der Waals surface area contributed by atoms with Crippen molar-refractivity contribution in [3.05, 3.63) is 95.5 Å². The fourth-order valence-corrected chi connectivity index (χ4v) is 3.49. The minimum atomic E-state index is -0.758. The number of benzene rings is 3. The van der Waals surface area contributed by atoms with Crippen LogP contribution in [-0.2, 0) is 20.9 Å². The van der Waals surface area contributed by atoms with Crippen molar-refractivity contribution in [3.63, 3.8) is 0 Å². The first kappa shape index (κ1) is 21.9. The van der Waals surface area contributed by atoms with Crippen molar-refractivity contribution in [1.29, 1.82) is 0 Å². The number of esters is 1. The zero-order chi connectivity index (χ0) is 24.2. The second-order valence-electron chi connectivity index (χ2n) is 7.60. The second kappa shape index (κ2) is 9.52. The lowest BCUT2D eigenvalue weighted by Crippen LogP contribution is -2.27. The topological polar surface area (TPSA) is 113 Å². The number of hydrogen-bond acceptors (Lipinski definition) is 7. The highest BCUT2D eigenvalue weighted by atomic mass is 16.5. The van der Waals surface area contributed by atoms with E-state index in [-0.39, 0.29) is 5.58 Å². The zero-order valence-electron chi connectivity index (χ0n) is 18.3. The number of nitrogens with one attached hydrogen (secondary N) is 1. The summed E-state index contributed by atoms with van der Waals surface area (Å²) in [5.41, 5.74) is 1.02. The smallest absolute Gasteiger partial charge is 0.326 e. The van der Waals surface area contributed by atoms with Gasteiger partial charge in [0.25, 0.3) is 11.5 Å². The van der Waals surface area contributed by atoms with Gasteiger partial charge >= 0.3 is 5.97 Å². The third-order valence-corrected chi connectivity index (χ3v) is 5.13. The SMILES string of the molecule is O=C(COC(=O)Cn1cnc2c(oc3ccccc32)c1=O)Nc1ccc(Oc2ccccc2)cc1. The summed E-state index contributed by atoms with van der Waals surface area (Å²) < 4.78 is 17.4. The Morgan fingerprint density at radius 1 is 0.914 bits per heavy atom. The number of anilines is 1. The third-order valence-electron chi connectivity index (χ3n) is 5.13. The minimum absolute atomic E-state index is 0.0546. The molecule has 0 aliphatic carbocycles. The van der Waals surface area contributed by atoms with E-state index in [4.69, 9.17) is 13.9 Å². The van der Waals surface area contributed by atoms with E-state index in [1.165, 1.54) is 6.33 Å². The molecule has 3 aromatic carbocycles. The fraction of sp³-hybridized carbons (Fsp3) is 0.0769. The summed E-state index contributed by atoms with van der Waals surface area (Å²) in [6.45, 7) is -0.909. The van der Waals surface area contributed by atoms with Crippen LogP contribution >= 0.6 is 0 Å². The van der Waals surface area contributed by atoms with Crippen LogP contribution in [0.3, 0.4) is 0 Å². The molecule has 0 saturated carbocycles. The number of ether oxygens (including phenoxy) is 2. The van der Waals surface area contributed by atoms with Gasteiger partial charge in [0.15, 0.2) is 6.61 Å². The molecule has 9 nitrogen and oxygen atoms in total. The number of hydrogen-bond donors (Lipinski definition) is 1. The molecule has 5 rings (SSSR count). The van der Waals surface area contributed by atoms with Gasteiger partial charge in [0.2, 0.25) is 5.58 Å². The van der Waals surface area contributed by atoms with E-state index in [1.54, 1.807) is 42.5 Å². The number of furan rings is 1. The normalized spacial score (nSPS) is 10.9. The molecule has 0 radical (unpaired) electrons. The van der Waals surface area contributed by atoms with E-state index >= 15 is 0 Å². The van der Waals surface area contributed by atoms with Gasteiger partial charge in [0.05, 0.1) is 6.33 Å². The van der Waals surface area contributed by atoms with Crippen LogP contribution in [0.15, 0.2) is 94.4 Å². The Balaban J connectivity index is 1.16. The van der Waals surface area contributed by atoms with Crippen molar-refractivity contribution < 1.29 is 23.5 Å². The average molecular weight is 469 g/mol. The van der Waals surface area contributed by atoms with Gasteiger partial charge in [0, 0.05) is 11.1 Å². The number of rotatable bonds is 7. The zero-order valence-corrected chi connectivity index (χ0v) is 18.3. The Hall–Kier alpha value is -4.92. The first-order valence-electron chi connectivity index (χ1n) is 10.7. The van der Waals surface area contributed by atoms with Crippen molar-refractivity contribution in [2.75, 3.05) is 11.9 Å². The monoisotopic (exact) mass is 469 g/mol. The summed E-state index contributed by atoms with van der Waals surface area (Å²) >= 11 is 0. The number of para-hydroxylation sites is 2. The Bertz CT molecular complexity index is 1570. The molecule has 35 heavy (non-hydrogen) atoms. The molecule has 5 aromatic rings. The van der Waals surface area contributed by atoms with Gasteiger partial charge in [0.1, 0.15) is 29.1 Å². The lowest BCUT2D eigenvalue weighted by atomic mass is 10.2. The molecule has 0 saturated heterocycles. The molecule has 0 aliphatic heterocycles. The van der Waals surface area contributed by atoms with Crippen LogP contribution in [0.2, 0.25) is 0 Å². The van der Waals surface area contributed by atoms with Gasteiger partial charge in [-0.3, -0.25) is 19.0 Å². The second-order valence-corrected chi connectivity index (χ2v) is 7.60. The van der Waals surface area contributed by atoms with E-state index in [0.717, 1.165) is 4.57 Å². The van der Waals surface area contributed by atoms with E-state index in [9.17, 15) is 14.4 Å². The van der Waals surface area contributed by atoms with Crippen LogP contribution in [0, 0.1) is 0 Å². The first-order valence-corrected chi connectivity index (χ1v) is 10.7. The summed E-state index contributed by atoms with van der Waals surface area (Å²) in [6, 6.07) is 23.2. The Kier molecular flexibility index (Phi) is 5.96. The van der Waals surface area contributed by atoms with Gasteiger partial charge in [-0.2, -0.15) is 0 Å². The number of amides is 1. The van der Waals surface area contributed by atoms with E-state index in [0.29, 0.717) is 33.7 Å². The molecule has 0 fully saturated rings. The van der Waals surface area contributed by atoms with Crippen LogP contribution in [0.25, 0.3) is 22.1 Å². The summed E-state index contributed by atoms with van der Waals surface area (Å²) in [7, 11) is 0. The largest absolute Gasteiger partial charge is 0.457 e. The maximum Gasteiger partial charge on any atom is 0.326 e. The average Bonchev–Trinajstić information content (AvgIpc) is 3.26. The molecule has 9 heteroatoms. The number of fused-ring (bicyclic) bond motifs is 3. The Labute approximate surface area is 198 Å². The first-order chi connectivity index (χ1) is 17.1. The molecule has 0 aliphatic rings. The number of carbonyl (C=O) groups excluding carboxylic acids is 2. The molecule has 0 atom stereocenters. The van der Waals surface area contributed by atoms with Gasteiger partial charge in [-0.15, -0.1) is 0 Å². The van der Waals surface area contributed by atoms with Gasteiger partial charge in [-0.05, 0) is 48.5 Å². The lowest BCUT2D eigenvalue weighted by molar-refractivity contribution is -0.147. The molecule has 0 bridgehead atoms. The number of aromatic nitrogens is 2. The quantitative estimate of drug-likeness (QED) is 0.357. The van der Waals surface area contributed by atoms with E-state index in [1.807, 2.05) is 36.4 Å². The van der Waals surface area contributed by atoms with E-state index in [2.05, 4.69) is 10.3 Å². The third kappa shape index (κ3) is 4.88. The van der Waals surface area contributed by atoms with Crippen LogP contribution in [-0.4, -0.2) is 28.0 Å². The molecule has 2 heterocycles. The van der Waals surface area contributed by atoms with Gasteiger partial charge in [-0.1, -0.05) is 30.3 Å². The highest BCUT2D eigenvalue weighted by molar-refractivity contribution is 6.01. The molecular weight excluding hydrogens is 450 g/mol. The van der Waals surface area contributed by atoms with Crippen molar-refractivity contribution in [2.45, 2.75) is 6.54 Å². The Morgan fingerprint density at radius 2 is 1.63 bits per heavy atom. The van der Waals surface area contributed by atoms with Crippen molar-refractivity contribution in [3.8, 4) is 11.5 Å². The highest BCUT2D eigenvalue weighted by Crippen LogP contribution is 2.24. The molecule has 2 aromatic heterocycles.